The lowest BCUT2D eigenvalue weighted by atomic mass is 10.1. The van der Waals surface area contributed by atoms with E-state index in [1.807, 2.05) is 17.9 Å². The number of hydrogen-bond acceptors (Lipinski definition) is 7. The van der Waals surface area contributed by atoms with Crippen molar-refractivity contribution in [3.05, 3.63) is 52.5 Å². The van der Waals surface area contributed by atoms with Crippen molar-refractivity contribution in [1.82, 2.24) is 14.5 Å². The molecule has 0 bridgehead atoms. The number of fused-ring (bicyclic) bond motifs is 1. The largest absolute Gasteiger partial charge is 0.391 e. The highest BCUT2D eigenvalue weighted by Gasteiger charge is 2.27. The summed E-state index contributed by atoms with van der Waals surface area (Å²) in [4.78, 5) is 32.9. The van der Waals surface area contributed by atoms with E-state index in [9.17, 15) is 9.59 Å². The molecule has 0 saturated carbocycles. The van der Waals surface area contributed by atoms with Crippen LogP contribution in [0.4, 0.5) is 0 Å². The maximum Gasteiger partial charge on any atom is 0.255 e. The Balaban J connectivity index is 0.000000293. The quantitative estimate of drug-likeness (QED) is 0.210. The molecule has 12 heteroatoms. The van der Waals surface area contributed by atoms with E-state index in [-0.39, 0.29) is 35.1 Å². The lowest BCUT2D eigenvalue weighted by Gasteiger charge is -2.28. The number of likely N-dealkylation sites (tertiary alicyclic amines) is 1. The molecule has 2 fully saturated rings. The summed E-state index contributed by atoms with van der Waals surface area (Å²) in [6.45, 7) is 8.20. The Hall–Kier alpha value is -3.85. The molecule has 3 heterocycles. The van der Waals surface area contributed by atoms with Gasteiger partial charge in [-0.05, 0) is 43.9 Å². The Morgan fingerprint density at radius 3 is 2.62 bits per heavy atom. The predicted molar refractivity (Wildman–Crippen MR) is 151 cm³/mol. The van der Waals surface area contributed by atoms with E-state index in [4.69, 9.17) is 38.3 Å². The molecule has 39 heavy (non-hydrogen) atoms. The van der Waals surface area contributed by atoms with E-state index in [0.717, 1.165) is 36.2 Å². The van der Waals surface area contributed by atoms with Crippen LogP contribution in [0.25, 0.3) is 11.0 Å². The van der Waals surface area contributed by atoms with Crippen LogP contribution in [0.2, 0.25) is 5.02 Å². The van der Waals surface area contributed by atoms with Gasteiger partial charge < -0.3 is 36.1 Å². The molecular weight excluding hydrogens is 522 g/mol. The van der Waals surface area contributed by atoms with Gasteiger partial charge >= 0.3 is 0 Å². The van der Waals surface area contributed by atoms with Crippen molar-refractivity contribution >= 4 is 40.3 Å². The average molecular weight is 556 g/mol. The second-order valence-electron chi connectivity index (χ2n) is 9.04. The van der Waals surface area contributed by atoms with Gasteiger partial charge in [-0.3, -0.25) is 14.6 Å². The number of amidine groups is 1. The number of halogens is 1. The van der Waals surface area contributed by atoms with Crippen molar-refractivity contribution in [2.75, 3.05) is 40.5 Å². The topological polar surface area (TPSA) is 164 Å². The number of nitrogens with two attached hydrogens (primary N) is 3. The molecular formula is C27H34ClN7O4. The zero-order chi connectivity index (χ0) is 28.7. The maximum absolute atomic E-state index is 11.5. The number of imidazole rings is 1. The first-order valence-electron chi connectivity index (χ1n) is 12.3. The van der Waals surface area contributed by atoms with Crippen LogP contribution in [0.3, 0.4) is 0 Å². The van der Waals surface area contributed by atoms with Crippen molar-refractivity contribution in [3.8, 4) is 11.8 Å². The van der Waals surface area contributed by atoms with Gasteiger partial charge in [-0.15, -0.1) is 0 Å². The average Bonchev–Trinajstić information content (AvgIpc) is 3.45. The minimum atomic E-state index is -0.802. The number of nitrogens with zero attached hydrogens (tertiary/aromatic N) is 4. The molecule has 1 atom stereocenters. The van der Waals surface area contributed by atoms with Crippen LogP contribution < -0.4 is 17.2 Å². The van der Waals surface area contributed by atoms with E-state index >= 15 is 0 Å². The molecule has 0 aliphatic carbocycles. The van der Waals surface area contributed by atoms with Crippen LogP contribution in [-0.2, 0) is 19.1 Å². The molecule has 1 unspecified atom stereocenters. The third-order valence-corrected chi connectivity index (χ3v) is 6.79. The first-order chi connectivity index (χ1) is 18.6. The summed E-state index contributed by atoms with van der Waals surface area (Å²) in [7, 11) is 3.09. The summed E-state index contributed by atoms with van der Waals surface area (Å²) < 4.78 is 12.4. The number of carbonyl (C=O) groups is 2. The van der Waals surface area contributed by atoms with E-state index in [0.29, 0.717) is 30.4 Å². The van der Waals surface area contributed by atoms with Gasteiger partial charge in [-0.2, -0.15) is 0 Å². The molecule has 2 saturated heterocycles. The molecule has 1 aromatic heterocycles. The second kappa shape index (κ2) is 13.3. The van der Waals surface area contributed by atoms with Crippen LogP contribution in [0.5, 0.6) is 0 Å². The van der Waals surface area contributed by atoms with Crippen molar-refractivity contribution in [2.24, 2.45) is 22.2 Å². The zero-order valence-corrected chi connectivity index (χ0v) is 23.1. The number of amides is 2. The van der Waals surface area contributed by atoms with Gasteiger partial charge in [-0.25, -0.2) is 4.98 Å². The summed E-state index contributed by atoms with van der Waals surface area (Å²) in [6.07, 6.45) is 3.50. The van der Waals surface area contributed by atoms with Gasteiger partial charge in [0.25, 0.3) is 5.91 Å². The number of aromatic nitrogens is 2. The molecule has 208 valence electrons. The summed E-state index contributed by atoms with van der Waals surface area (Å²) >= 11 is 6.39. The number of ether oxygens (including phenoxy) is 2. The number of benzene rings is 1. The fraction of sp³-hybridized carbons (Fsp3) is 0.407. The lowest BCUT2D eigenvalue weighted by molar-refractivity contribution is -0.127. The van der Waals surface area contributed by atoms with Gasteiger partial charge in [0, 0.05) is 26.3 Å². The molecule has 1 aromatic carbocycles. The number of allylic oxidation sites excluding steroid dienone is 1. The van der Waals surface area contributed by atoms with Gasteiger partial charge in [0.05, 0.1) is 53.7 Å². The molecule has 0 spiro atoms. The zero-order valence-electron chi connectivity index (χ0n) is 22.4. The molecule has 4 rings (SSSR count). The number of methoxy groups -OCH3 is 1. The standard InChI is InChI=1S/C18H19ClN6O2.C9H15NO2/c1-9-24-14-5-10(3-4-13(20)16(18(22)26)17(21)23-2)12(19)6-15(14)25(9)11-7-27-8-11;1-3-9(11)10-6-4-5-8(10)7-12-2/h5-6,11H,7-8,20H2,1-2H3,(H2,21,23)(H2,22,26);3,8H,1,4-7H2,2H3/b16-13+;. The summed E-state index contributed by atoms with van der Waals surface area (Å²) in [6, 6.07) is 4.12. The van der Waals surface area contributed by atoms with Crippen LogP contribution in [-0.4, -0.2) is 78.7 Å². The first kappa shape index (κ1) is 29.7. The van der Waals surface area contributed by atoms with Gasteiger partial charge in [0.1, 0.15) is 17.2 Å². The molecule has 0 radical (unpaired) electrons. The van der Waals surface area contributed by atoms with Crippen LogP contribution in [0.15, 0.2) is 41.1 Å². The summed E-state index contributed by atoms with van der Waals surface area (Å²) in [5.41, 5.74) is 18.8. The van der Waals surface area contributed by atoms with Gasteiger partial charge in [0.2, 0.25) is 5.91 Å². The van der Waals surface area contributed by atoms with E-state index < -0.39 is 5.91 Å². The Morgan fingerprint density at radius 1 is 1.33 bits per heavy atom. The smallest absolute Gasteiger partial charge is 0.255 e. The lowest BCUT2D eigenvalue weighted by Crippen LogP contribution is -2.36. The SMILES string of the molecule is C=CC(=O)N1CCCC1COC.CN=C(N)/C(C(N)=O)=C(\N)C#Cc1cc2nc(C)n(C3COC3)c2cc1Cl. The Kier molecular flexibility index (Phi) is 10.1. The predicted octanol–water partition coefficient (Wildman–Crippen LogP) is 1.42. The minimum Gasteiger partial charge on any atom is -0.391 e. The van der Waals surface area contributed by atoms with Gasteiger partial charge in [0.15, 0.2) is 0 Å². The molecule has 6 N–H and O–H groups in total. The number of aliphatic imine (C=N–C) groups is 1. The highest BCUT2D eigenvalue weighted by Crippen LogP contribution is 2.29. The number of hydrogen-bond donors (Lipinski definition) is 3. The summed E-state index contributed by atoms with van der Waals surface area (Å²) in [5.74, 6) is 5.54. The molecule has 2 aromatic rings. The Bertz CT molecular complexity index is 1380. The Labute approximate surface area is 232 Å². The van der Waals surface area contributed by atoms with Crippen molar-refractivity contribution in [1.29, 1.82) is 0 Å². The van der Waals surface area contributed by atoms with E-state index in [1.165, 1.54) is 13.1 Å². The highest BCUT2D eigenvalue weighted by molar-refractivity contribution is 6.32. The van der Waals surface area contributed by atoms with Crippen LogP contribution in [0.1, 0.15) is 30.3 Å². The maximum atomic E-state index is 11.5. The van der Waals surface area contributed by atoms with Crippen LogP contribution in [0, 0.1) is 18.8 Å². The molecule has 2 aliphatic heterocycles. The minimum absolute atomic E-state index is 0.0227. The van der Waals surface area contributed by atoms with Gasteiger partial charge in [-0.1, -0.05) is 24.1 Å². The third kappa shape index (κ3) is 6.78. The fourth-order valence-electron chi connectivity index (χ4n) is 4.48. The number of aryl methyl sites for hydroxylation is 1. The van der Waals surface area contributed by atoms with E-state index in [2.05, 4.69) is 33.0 Å². The normalized spacial score (nSPS) is 17.9. The van der Waals surface area contributed by atoms with Crippen molar-refractivity contribution < 1.29 is 19.1 Å². The number of carbonyl (C=O) groups excluding carboxylic acids is 2. The Morgan fingerprint density at radius 2 is 2.05 bits per heavy atom. The van der Waals surface area contributed by atoms with Crippen molar-refractivity contribution in [3.63, 3.8) is 0 Å². The molecule has 2 amide bonds. The number of rotatable bonds is 6. The monoisotopic (exact) mass is 555 g/mol. The highest BCUT2D eigenvalue weighted by atomic mass is 35.5. The summed E-state index contributed by atoms with van der Waals surface area (Å²) in [5, 5.41) is 0.446. The third-order valence-electron chi connectivity index (χ3n) is 6.48. The number of primary amides is 1. The fourth-order valence-corrected chi connectivity index (χ4v) is 4.69. The molecule has 2 aliphatic rings. The second-order valence-corrected chi connectivity index (χ2v) is 9.45. The van der Waals surface area contributed by atoms with E-state index in [1.54, 1.807) is 13.2 Å². The van der Waals surface area contributed by atoms with Crippen LogP contribution >= 0.6 is 11.6 Å². The van der Waals surface area contributed by atoms with Crippen molar-refractivity contribution in [2.45, 2.75) is 31.8 Å². The molecule has 11 nitrogen and oxygen atoms in total. The first-order valence-corrected chi connectivity index (χ1v) is 12.7.